The second kappa shape index (κ2) is 5.26. The van der Waals surface area contributed by atoms with Gasteiger partial charge in [-0.25, -0.2) is 0 Å². The van der Waals surface area contributed by atoms with Gasteiger partial charge in [0.25, 0.3) is 0 Å². The molecule has 0 aromatic carbocycles. The normalized spacial score (nSPS) is 11.1. The lowest BCUT2D eigenvalue weighted by molar-refractivity contribution is 0.263. The zero-order valence-electron chi connectivity index (χ0n) is 8.66. The standard InChI is InChI=1S/C9H17N3OS/c1-7(2)4-3-5-12-8(6-13)10-11-9(12)14/h7,13H,3-6H2,1-2H3,(H,11,14). The van der Waals surface area contributed by atoms with Gasteiger partial charge in [0.1, 0.15) is 6.61 Å². The maximum Gasteiger partial charge on any atom is 0.195 e. The first-order valence-electron chi connectivity index (χ1n) is 4.90. The number of hydrogen-bond acceptors (Lipinski definition) is 3. The molecule has 0 unspecified atom stereocenters. The van der Waals surface area contributed by atoms with Crippen molar-refractivity contribution >= 4 is 12.2 Å². The Kier molecular flexibility index (Phi) is 4.28. The van der Waals surface area contributed by atoms with Gasteiger partial charge in [-0.3, -0.25) is 5.10 Å². The van der Waals surface area contributed by atoms with E-state index >= 15 is 0 Å². The number of aromatic amines is 1. The lowest BCUT2D eigenvalue weighted by Gasteiger charge is -2.06. The van der Waals surface area contributed by atoms with E-state index in [4.69, 9.17) is 17.3 Å². The number of nitrogens with zero attached hydrogens (tertiary/aromatic N) is 2. The molecule has 0 radical (unpaired) electrons. The number of aromatic nitrogens is 3. The third kappa shape index (κ3) is 2.92. The highest BCUT2D eigenvalue weighted by Gasteiger charge is 2.04. The van der Waals surface area contributed by atoms with Crippen molar-refractivity contribution in [3.8, 4) is 0 Å². The lowest BCUT2D eigenvalue weighted by atomic mass is 10.1. The van der Waals surface area contributed by atoms with E-state index in [0.717, 1.165) is 19.4 Å². The molecule has 1 aromatic rings. The Balaban J connectivity index is 2.57. The highest BCUT2D eigenvalue weighted by molar-refractivity contribution is 7.71. The molecular formula is C9H17N3OS. The summed E-state index contributed by atoms with van der Waals surface area (Å²) in [5.41, 5.74) is 0. The first-order chi connectivity index (χ1) is 6.65. The number of hydrogen-bond donors (Lipinski definition) is 2. The summed E-state index contributed by atoms with van der Waals surface area (Å²) in [6.07, 6.45) is 2.23. The summed E-state index contributed by atoms with van der Waals surface area (Å²) >= 11 is 5.05. The van der Waals surface area contributed by atoms with E-state index in [1.807, 2.05) is 4.57 Å². The Morgan fingerprint density at radius 3 is 2.86 bits per heavy atom. The molecule has 4 nitrogen and oxygen atoms in total. The number of rotatable bonds is 5. The van der Waals surface area contributed by atoms with Crippen molar-refractivity contribution in [2.45, 2.75) is 39.8 Å². The van der Waals surface area contributed by atoms with E-state index < -0.39 is 0 Å². The van der Waals surface area contributed by atoms with Crippen molar-refractivity contribution in [2.75, 3.05) is 0 Å². The van der Waals surface area contributed by atoms with Gasteiger partial charge in [0.05, 0.1) is 0 Å². The summed E-state index contributed by atoms with van der Waals surface area (Å²) in [5.74, 6) is 1.33. The monoisotopic (exact) mass is 215 g/mol. The van der Waals surface area contributed by atoms with E-state index in [9.17, 15) is 0 Å². The SMILES string of the molecule is CC(C)CCCn1c(CO)n[nH]c1=S. The van der Waals surface area contributed by atoms with Crippen LogP contribution >= 0.6 is 12.2 Å². The molecule has 1 rings (SSSR count). The van der Waals surface area contributed by atoms with Crippen LogP contribution in [0, 0.1) is 10.7 Å². The molecule has 80 valence electrons. The molecular weight excluding hydrogens is 198 g/mol. The minimum Gasteiger partial charge on any atom is -0.388 e. The van der Waals surface area contributed by atoms with Crippen LogP contribution in [0.25, 0.3) is 0 Å². The second-order valence-corrected chi connectivity index (χ2v) is 4.18. The summed E-state index contributed by atoms with van der Waals surface area (Å²) in [7, 11) is 0. The largest absolute Gasteiger partial charge is 0.388 e. The quantitative estimate of drug-likeness (QED) is 0.737. The van der Waals surface area contributed by atoms with Crippen LogP contribution in [0.5, 0.6) is 0 Å². The zero-order chi connectivity index (χ0) is 10.6. The summed E-state index contributed by atoms with van der Waals surface area (Å²) in [6, 6.07) is 0. The van der Waals surface area contributed by atoms with E-state index in [1.165, 1.54) is 0 Å². The molecule has 0 aliphatic heterocycles. The van der Waals surface area contributed by atoms with Crippen LogP contribution in [0.4, 0.5) is 0 Å². The molecule has 0 atom stereocenters. The van der Waals surface area contributed by atoms with Crippen molar-refractivity contribution in [1.29, 1.82) is 0 Å². The van der Waals surface area contributed by atoms with Gasteiger partial charge in [0.15, 0.2) is 10.6 Å². The van der Waals surface area contributed by atoms with Gasteiger partial charge >= 0.3 is 0 Å². The van der Waals surface area contributed by atoms with Gasteiger partial charge in [-0.2, -0.15) is 5.10 Å². The van der Waals surface area contributed by atoms with Crippen molar-refractivity contribution in [3.63, 3.8) is 0 Å². The van der Waals surface area contributed by atoms with Gasteiger partial charge in [0.2, 0.25) is 0 Å². The van der Waals surface area contributed by atoms with Crippen LogP contribution in [0.1, 0.15) is 32.5 Å². The van der Waals surface area contributed by atoms with Crippen LogP contribution in [-0.2, 0) is 13.2 Å². The number of aliphatic hydroxyl groups excluding tert-OH is 1. The number of nitrogens with one attached hydrogen (secondary N) is 1. The summed E-state index contributed by atoms with van der Waals surface area (Å²) in [6.45, 7) is 5.17. The molecule has 0 spiro atoms. The Morgan fingerprint density at radius 1 is 1.57 bits per heavy atom. The third-order valence-corrected chi connectivity index (χ3v) is 2.45. The summed E-state index contributed by atoms with van der Waals surface area (Å²) in [5, 5.41) is 15.6. The predicted molar refractivity (Wildman–Crippen MR) is 57.4 cm³/mol. The average molecular weight is 215 g/mol. The van der Waals surface area contributed by atoms with Crippen molar-refractivity contribution in [2.24, 2.45) is 5.92 Å². The van der Waals surface area contributed by atoms with Gasteiger partial charge < -0.3 is 9.67 Å². The fraction of sp³-hybridized carbons (Fsp3) is 0.778. The highest BCUT2D eigenvalue weighted by atomic mass is 32.1. The Morgan fingerprint density at radius 2 is 2.29 bits per heavy atom. The van der Waals surface area contributed by atoms with Crippen molar-refractivity contribution in [1.82, 2.24) is 14.8 Å². The molecule has 1 heterocycles. The molecule has 0 aliphatic rings. The van der Waals surface area contributed by atoms with Crippen LogP contribution in [-0.4, -0.2) is 19.9 Å². The van der Waals surface area contributed by atoms with Crippen LogP contribution in [0.3, 0.4) is 0 Å². The van der Waals surface area contributed by atoms with Crippen LogP contribution in [0.15, 0.2) is 0 Å². The molecule has 0 saturated carbocycles. The maximum atomic E-state index is 8.99. The lowest BCUT2D eigenvalue weighted by Crippen LogP contribution is -2.05. The fourth-order valence-corrected chi connectivity index (χ4v) is 1.60. The van der Waals surface area contributed by atoms with E-state index in [-0.39, 0.29) is 6.61 Å². The average Bonchev–Trinajstić information content (AvgIpc) is 2.47. The van der Waals surface area contributed by atoms with Crippen molar-refractivity contribution in [3.05, 3.63) is 10.6 Å². The molecule has 0 fully saturated rings. The number of H-pyrrole nitrogens is 1. The van der Waals surface area contributed by atoms with Crippen LogP contribution in [0.2, 0.25) is 0 Å². The Labute approximate surface area is 89.0 Å². The predicted octanol–water partition coefficient (Wildman–Crippen LogP) is 1.87. The zero-order valence-corrected chi connectivity index (χ0v) is 9.47. The van der Waals surface area contributed by atoms with Gasteiger partial charge in [0, 0.05) is 6.54 Å². The summed E-state index contributed by atoms with van der Waals surface area (Å²) < 4.78 is 2.45. The molecule has 0 aliphatic carbocycles. The summed E-state index contributed by atoms with van der Waals surface area (Å²) in [4.78, 5) is 0. The van der Waals surface area contributed by atoms with Crippen molar-refractivity contribution < 1.29 is 5.11 Å². The first-order valence-corrected chi connectivity index (χ1v) is 5.31. The molecule has 14 heavy (non-hydrogen) atoms. The van der Waals surface area contributed by atoms with Gasteiger partial charge in [-0.1, -0.05) is 13.8 Å². The number of aliphatic hydroxyl groups is 1. The second-order valence-electron chi connectivity index (χ2n) is 3.79. The molecule has 0 bridgehead atoms. The van der Waals surface area contributed by atoms with Crippen LogP contribution < -0.4 is 0 Å². The smallest absolute Gasteiger partial charge is 0.195 e. The van der Waals surface area contributed by atoms with Gasteiger partial charge in [-0.15, -0.1) is 0 Å². The van der Waals surface area contributed by atoms with Gasteiger partial charge in [-0.05, 0) is 31.0 Å². The molecule has 2 N–H and O–H groups in total. The first kappa shape index (κ1) is 11.4. The minimum atomic E-state index is -0.0607. The molecule has 5 heteroatoms. The molecule has 0 amide bonds. The Hall–Kier alpha value is -0.680. The third-order valence-electron chi connectivity index (χ3n) is 2.14. The highest BCUT2D eigenvalue weighted by Crippen LogP contribution is 2.07. The topological polar surface area (TPSA) is 53.8 Å². The van der Waals surface area contributed by atoms with E-state index in [1.54, 1.807) is 0 Å². The molecule has 0 saturated heterocycles. The fourth-order valence-electron chi connectivity index (χ4n) is 1.36. The Bertz CT molecular complexity index is 329. The maximum absolute atomic E-state index is 8.99. The van der Waals surface area contributed by atoms with E-state index in [0.29, 0.717) is 16.5 Å². The minimum absolute atomic E-state index is 0.0607. The van der Waals surface area contributed by atoms with E-state index in [2.05, 4.69) is 24.0 Å². The molecule has 1 aromatic heterocycles.